The van der Waals surface area contributed by atoms with E-state index in [1.165, 1.54) is 12.1 Å². The highest BCUT2D eigenvalue weighted by molar-refractivity contribution is 5.49. The molecule has 0 radical (unpaired) electrons. The van der Waals surface area contributed by atoms with E-state index in [-0.39, 0.29) is 0 Å². The molecule has 3 rings (SSSR count). The molecule has 0 saturated carbocycles. The molecular formula is C16H19F3N4. The molecule has 7 heteroatoms. The van der Waals surface area contributed by atoms with Gasteiger partial charge < -0.3 is 9.47 Å². The van der Waals surface area contributed by atoms with Crippen molar-refractivity contribution in [1.82, 2.24) is 14.5 Å². The fourth-order valence-corrected chi connectivity index (χ4v) is 2.79. The number of piperazine rings is 1. The summed E-state index contributed by atoms with van der Waals surface area (Å²) in [5, 5.41) is 0. The van der Waals surface area contributed by atoms with Gasteiger partial charge in [-0.3, -0.25) is 4.90 Å². The molecule has 0 N–H and O–H groups in total. The lowest BCUT2D eigenvalue weighted by Crippen LogP contribution is -2.46. The van der Waals surface area contributed by atoms with Crippen LogP contribution in [0.4, 0.5) is 18.9 Å². The van der Waals surface area contributed by atoms with Gasteiger partial charge in [0, 0.05) is 51.3 Å². The Morgan fingerprint density at radius 1 is 1.13 bits per heavy atom. The van der Waals surface area contributed by atoms with Crippen LogP contribution in [0.1, 0.15) is 11.4 Å². The monoisotopic (exact) mass is 324 g/mol. The smallest absolute Gasteiger partial charge is 0.369 e. The Labute approximate surface area is 133 Å². The van der Waals surface area contributed by atoms with Crippen molar-refractivity contribution >= 4 is 5.69 Å². The van der Waals surface area contributed by atoms with Crippen LogP contribution in [0, 0.1) is 0 Å². The molecule has 23 heavy (non-hydrogen) atoms. The van der Waals surface area contributed by atoms with Gasteiger partial charge in [-0.05, 0) is 18.2 Å². The van der Waals surface area contributed by atoms with Crippen molar-refractivity contribution in [3.8, 4) is 0 Å². The minimum Gasteiger partial charge on any atom is -0.369 e. The first-order valence-corrected chi connectivity index (χ1v) is 7.54. The van der Waals surface area contributed by atoms with Gasteiger partial charge in [0.15, 0.2) is 0 Å². The van der Waals surface area contributed by atoms with Crippen molar-refractivity contribution in [2.24, 2.45) is 7.05 Å². The molecule has 1 fully saturated rings. The maximum absolute atomic E-state index is 12.8. The summed E-state index contributed by atoms with van der Waals surface area (Å²) in [4.78, 5) is 8.58. The van der Waals surface area contributed by atoms with E-state index in [9.17, 15) is 13.2 Å². The van der Waals surface area contributed by atoms with Gasteiger partial charge >= 0.3 is 6.18 Å². The van der Waals surface area contributed by atoms with Gasteiger partial charge in [0.25, 0.3) is 0 Å². The lowest BCUT2D eigenvalue weighted by atomic mass is 10.1. The number of nitrogens with zero attached hydrogens (tertiary/aromatic N) is 4. The van der Waals surface area contributed by atoms with E-state index < -0.39 is 11.7 Å². The zero-order valence-corrected chi connectivity index (χ0v) is 12.9. The molecular weight excluding hydrogens is 305 g/mol. The van der Waals surface area contributed by atoms with Crippen molar-refractivity contribution in [1.29, 1.82) is 0 Å². The van der Waals surface area contributed by atoms with Crippen molar-refractivity contribution in [3.63, 3.8) is 0 Å². The van der Waals surface area contributed by atoms with Gasteiger partial charge in [-0.25, -0.2) is 4.98 Å². The summed E-state index contributed by atoms with van der Waals surface area (Å²) in [5.41, 5.74) is 0.0434. The maximum atomic E-state index is 12.8. The highest BCUT2D eigenvalue weighted by Crippen LogP contribution is 2.31. The van der Waals surface area contributed by atoms with Gasteiger partial charge in [0.1, 0.15) is 5.82 Å². The largest absolute Gasteiger partial charge is 0.416 e. The summed E-state index contributed by atoms with van der Waals surface area (Å²) < 4.78 is 40.4. The Balaban J connectivity index is 1.62. The molecule has 4 nitrogen and oxygen atoms in total. The number of anilines is 1. The van der Waals surface area contributed by atoms with Crippen LogP contribution in [0.15, 0.2) is 36.7 Å². The topological polar surface area (TPSA) is 24.3 Å². The summed E-state index contributed by atoms with van der Waals surface area (Å²) >= 11 is 0. The molecule has 2 heterocycles. The van der Waals surface area contributed by atoms with E-state index >= 15 is 0 Å². The minimum atomic E-state index is -4.30. The maximum Gasteiger partial charge on any atom is 0.416 e. The van der Waals surface area contributed by atoms with Crippen molar-refractivity contribution in [3.05, 3.63) is 48.0 Å². The number of benzene rings is 1. The lowest BCUT2D eigenvalue weighted by molar-refractivity contribution is -0.137. The second-order valence-corrected chi connectivity index (χ2v) is 5.77. The van der Waals surface area contributed by atoms with Crippen molar-refractivity contribution in [2.45, 2.75) is 12.7 Å². The molecule has 124 valence electrons. The molecule has 2 aromatic rings. The quantitative estimate of drug-likeness (QED) is 0.868. The zero-order chi connectivity index (χ0) is 16.4. The first-order valence-electron chi connectivity index (χ1n) is 7.54. The van der Waals surface area contributed by atoms with E-state index in [0.717, 1.165) is 31.5 Å². The van der Waals surface area contributed by atoms with Crippen LogP contribution in [-0.4, -0.2) is 40.6 Å². The minimum absolute atomic E-state index is 0.592. The highest BCUT2D eigenvalue weighted by Gasteiger charge is 2.31. The summed E-state index contributed by atoms with van der Waals surface area (Å²) in [7, 11) is 1.96. The molecule has 1 aromatic carbocycles. The number of hydrogen-bond acceptors (Lipinski definition) is 3. The van der Waals surface area contributed by atoms with E-state index in [2.05, 4.69) is 9.88 Å². The third kappa shape index (κ3) is 3.67. The fraction of sp³-hybridized carbons (Fsp3) is 0.438. The Kier molecular flexibility index (Phi) is 4.30. The summed E-state index contributed by atoms with van der Waals surface area (Å²) in [6.07, 6.45) is -0.613. The van der Waals surface area contributed by atoms with Crippen LogP contribution in [-0.2, 0) is 19.8 Å². The standard InChI is InChI=1S/C16H19F3N4/c1-21-6-5-20-15(21)12-22-7-9-23(10-8-22)14-4-2-3-13(11-14)16(17,18)19/h2-6,11H,7-10,12H2,1H3. The number of hydrogen-bond donors (Lipinski definition) is 0. The van der Waals surface area contributed by atoms with Gasteiger partial charge in [0.2, 0.25) is 0 Å². The molecule has 1 saturated heterocycles. The number of aromatic nitrogens is 2. The number of imidazole rings is 1. The molecule has 1 aliphatic heterocycles. The third-order valence-corrected chi connectivity index (χ3v) is 4.20. The lowest BCUT2D eigenvalue weighted by Gasteiger charge is -2.36. The predicted molar refractivity (Wildman–Crippen MR) is 82.1 cm³/mol. The first kappa shape index (κ1) is 15.9. The van der Waals surface area contributed by atoms with E-state index in [0.29, 0.717) is 18.8 Å². The zero-order valence-electron chi connectivity index (χ0n) is 12.9. The summed E-state index contributed by atoms with van der Waals surface area (Å²) in [6.45, 7) is 3.81. The van der Waals surface area contributed by atoms with E-state index in [1.54, 1.807) is 12.3 Å². The summed E-state index contributed by atoms with van der Waals surface area (Å²) in [6, 6.07) is 5.55. The number of halogens is 3. The Bertz CT molecular complexity index is 657. The average Bonchev–Trinajstić information content (AvgIpc) is 2.92. The molecule has 0 bridgehead atoms. The highest BCUT2D eigenvalue weighted by atomic mass is 19.4. The van der Waals surface area contributed by atoms with Crippen molar-refractivity contribution in [2.75, 3.05) is 31.1 Å². The Morgan fingerprint density at radius 3 is 2.48 bits per heavy atom. The van der Waals surface area contributed by atoms with Crippen molar-refractivity contribution < 1.29 is 13.2 Å². The molecule has 1 aromatic heterocycles. The van der Waals surface area contributed by atoms with Gasteiger partial charge in [-0.15, -0.1) is 0 Å². The van der Waals surface area contributed by atoms with Crippen LogP contribution < -0.4 is 4.90 Å². The molecule has 1 aliphatic rings. The Morgan fingerprint density at radius 2 is 1.87 bits per heavy atom. The van der Waals surface area contributed by atoms with E-state index in [1.807, 2.05) is 22.7 Å². The molecule has 0 aliphatic carbocycles. The third-order valence-electron chi connectivity index (χ3n) is 4.20. The van der Waals surface area contributed by atoms with Gasteiger partial charge in [0.05, 0.1) is 12.1 Å². The van der Waals surface area contributed by atoms with Crippen LogP contribution >= 0.6 is 0 Å². The van der Waals surface area contributed by atoms with Gasteiger partial charge in [-0.2, -0.15) is 13.2 Å². The normalized spacial score (nSPS) is 16.8. The second kappa shape index (κ2) is 6.23. The predicted octanol–water partition coefficient (Wildman–Crippen LogP) is 2.76. The second-order valence-electron chi connectivity index (χ2n) is 5.77. The first-order chi connectivity index (χ1) is 10.9. The average molecular weight is 324 g/mol. The van der Waals surface area contributed by atoms with E-state index in [4.69, 9.17) is 0 Å². The molecule has 0 amide bonds. The number of aryl methyl sites for hydroxylation is 1. The van der Waals surface area contributed by atoms with Crippen LogP contribution in [0.5, 0.6) is 0 Å². The van der Waals surface area contributed by atoms with Gasteiger partial charge in [-0.1, -0.05) is 6.07 Å². The molecule has 0 atom stereocenters. The SMILES string of the molecule is Cn1ccnc1CN1CCN(c2cccc(C(F)(F)F)c2)CC1. The fourth-order valence-electron chi connectivity index (χ4n) is 2.79. The molecule has 0 spiro atoms. The van der Waals surface area contributed by atoms with Crippen LogP contribution in [0.2, 0.25) is 0 Å². The van der Waals surface area contributed by atoms with Crippen LogP contribution in [0.3, 0.4) is 0 Å². The summed E-state index contributed by atoms with van der Waals surface area (Å²) in [5.74, 6) is 0.998. The number of rotatable bonds is 3. The van der Waals surface area contributed by atoms with Crippen LogP contribution in [0.25, 0.3) is 0 Å². The molecule has 0 unspecified atom stereocenters. The Hall–Kier alpha value is -2.02. The number of alkyl halides is 3.